The third kappa shape index (κ3) is 5.30. The van der Waals surface area contributed by atoms with E-state index in [9.17, 15) is 14.4 Å². The number of hydrogen-bond acceptors (Lipinski definition) is 6. The van der Waals surface area contributed by atoms with Crippen molar-refractivity contribution in [2.75, 3.05) is 32.1 Å². The van der Waals surface area contributed by atoms with Crippen molar-refractivity contribution in [2.45, 2.75) is 36.5 Å². The topological polar surface area (TPSA) is 97.0 Å². The summed E-state index contributed by atoms with van der Waals surface area (Å²) in [6, 6.07) is 13.1. The van der Waals surface area contributed by atoms with Crippen LogP contribution in [0.3, 0.4) is 0 Å². The summed E-state index contributed by atoms with van der Waals surface area (Å²) in [5.74, 6) is 0.621. The Morgan fingerprint density at radius 2 is 1.91 bits per heavy atom. The molecular weight excluding hydrogens is 454 g/mol. The number of anilines is 1. The van der Waals surface area contributed by atoms with Gasteiger partial charge in [0.25, 0.3) is 0 Å². The Morgan fingerprint density at radius 3 is 2.65 bits per heavy atom. The predicted molar refractivity (Wildman–Crippen MR) is 130 cm³/mol. The van der Waals surface area contributed by atoms with Crippen LogP contribution in [0.2, 0.25) is 0 Å². The zero-order valence-electron chi connectivity index (χ0n) is 19.3. The number of piperidine rings is 1. The highest BCUT2D eigenvalue weighted by Crippen LogP contribution is 2.36. The van der Waals surface area contributed by atoms with Crippen molar-refractivity contribution in [1.29, 1.82) is 0 Å². The summed E-state index contributed by atoms with van der Waals surface area (Å²) in [6.07, 6.45) is 1.14. The maximum atomic E-state index is 13.0. The Hall–Kier alpha value is -3.20. The molecule has 2 aliphatic rings. The van der Waals surface area contributed by atoms with Crippen molar-refractivity contribution in [1.82, 2.24) is 10.2 Å². The number of benzene rings is 2. The summed E-state index contributed by atoms with van der Waals surface area (Å²) < 4.78 is 10.9. The van der Waals surface area contributed by atoms with Crippen molar-refractivity contribution in [3.63, 3.8) is 0 Å². The molecule has 1 atom stereocenters. The minimum absolute atomic E-state index is 0.0290. The second-order valence-corrected chi connectivity index (χ2v) is 9.37. The van der Waals surface area contributed by atoms with E-state index in [-0.39, 0.29) is 23.6 Å². The summed E-state index contributed by atoms with van der Waals surface area (Å²) in [4.78, 5) is 40.8. The van der Waals surface area contributed by atoms with E-state index in [1.807, 2.05) is 49.4 Å². The van der Waals surface area contributed by atoms with E-state index in [4.69, 9.17) is 9.47 Å². The van der Waals surface area contributed by atoms with E-state index in [0.29, 0.717) is 50.6 Å². The van der Waals surface area contributed by atoms with Gasteiger partial charge in [-0.25, -0.2) is 0 Å². The van der Waals surface area contributed by atoms with Crippen molar-refractivity contribution in [2.24, 2.45) is 5.92 Å². The van der Waals surface area contributed by atoms with E-state index in [1.54, 1.807) is 12.0 Å². The van der Waals surface area contributed by atoms with Crippen LogP contribution < -0.4 is 20.1 Å². The fourth-order valence-electron chi connectivity index (χ4n) is 4.17. The Balaban J connectivity index is 1.28. The Labute approximate surface area is 203 Å². The molecule has 3 amide bonds. The molecule has 1 saturated heterocycles. The summed E-state index contributed by atoms with van der Waals surface area (Å²) in [7, 11) is 1.59. The number of thioether (sulfide) groups is 1. The number of rotatable bonds is 7. The molecule has 0 radical (unpaired) electrons. The molecule has 2 aromatic carbocycles. The minimum Gasteiger partial charge on any atom is -0.493 e. The molecule has 8 nitrogen and oxygen atoms in total. The summed E-state index contributed by atoms with van der Waals surface area (Å²) in [6.45, 7) is 3.76. The van der Waals surface area contributed by atoms with Crippen molar-refractivity contribution < 1.29 is 23.9 Å². The van der Waals surface area contributed by atoms with Gasteiger partial charge in [0.15, 0.2) is 16.7 Å². The number of nitrogens with one attached hydrogen (secondary N) is 2. The first-order chi connectivity index (χ1) is 16.5. The molecule has 2 N–H and O–H groups in total. The summed E-state index contributed by atoms with van der Waals surface area (Å²) >= 11 is 1.28. The average Bonchev–Trinajstić information content (AvgIpc) is 2.87. The Kier molecular flexibility index (Phi) is 7.62. The Bertz CT molecular complexity index is 1070. The third-order valence-corrected chi connectivity index (χ3v) is 7.29. The van der Waals surface area contributed by atoms with Crippen LogP contribution in [-0.2, 0) is 20.9 Å². The highest BCUT2D eigenvalue weighted by atomic mass is 32.2. The highest BCUT2D eigenvalue weighted by molar-refractivity contribution is 8.01. The van der Waals surface area contributed by atoms with Gasteiger partial charge >= 0.3 is 0 Å². The Morgan fingerprint density at radius 1 is 1.15 bits per heavy atom. The number of hydrogen-bond donors (Lipinski definition) is 2. The van der Waals surface area contributed by atoms with Gasteiger partial charge in [0.05, 0.1) is 19.4 Å². The smallest absolute Gasteiger partial charge is 0.247 e. The van der Waals surface area contributed by atoms with Crippen LogP contribution in [-0.4, -0.2) is 54.7 Å². The number of amides is 3. The monoisotopic (exact) mass is 483 g/mol. The molecule has 1 unspecified atom stereocenters. The van der Waals surface area contributed by atoms with Crippen LogP contribution in [0.4, 0.5) is 5.69 Å². The molecule has 1 fully saturated rings. The standard InChI is InChI=1S/C25H29N3O5S/c1-3-33-19-9-8-16(14-20(19)32-2)15-26-23(29)17-10-12-28(13-11-17)25(31)22-24(30)27-18-6-4-5-7-21(18)34-22/h4-9,14,17,22H,3,10-13,15H2,1-2H3,(H,26,29)(H,27,30). The van der Waals surface area contributed by atoms with Gasteiger partial charge in [-0.3, -0.25) is 14.4 Å². The lowest BCUT2D eigenvalue weighted by atomic mass is 9.95. The number of nitrogens with zero attached hydrogens (tertiary/aromatic N) is 1. The van der Waals surface area contributed by atoms with Crippen LogP contribution >= 0.6 is 11.8 Å². The van der Waals surface area contributed by atoms with Crippen LogP contribution in [0, 0.1) is 5.92 Å². The van der Waals surface area contributed by atoms with Gasteiger partial charge in [-0.2, -0.15) is 0 Å². The average molecular weight is 484 g/mol. The fourth-order valence-corrected chi connectivity index (χ4v) is 5.25. The SMILES string of the molecule is CCOc1ccc(CNC(=O)C2CCN(C(=O)C3Sc4ccccc4NC3=O)CC2)cc1OC. The zero-order chi connectivity index (χ0) is 24.1. The first-order valence-electron chi connectivity index (χ1n) is 11.4. The maximum Gasteiger partial charge on any atom is 0.247 e. The van der Waals surface area contributed by atoms with E-state index in [0.717, 1.165) is 16.1 Å². The van der Waals surface area contributed by atoms with Gasteiger partial charge in [-0.15, -0.1) is 11.8 Å². The molecular formula is C25H29N3O5S. The molecule has 4 rings (SSSR count). The minimum atomic E-state index is -0.796. The maximum absolute atomic E-state index is 13.0. The highest BCUT2D eigenvalue weighted by Gasteiger charge is 2.37. The molecule has 0 spiro atoms. The molecule has 0 saturated carbocycles. The van der Waals surface area contributed by atoms with Gasteiger partial charge in [0, 0.05) is 30.4 Å². The number of fused-ring (bicyclic) bond motifs is 1. The number of carbonyl (C=O) groups excluding carboxylic acids is 3. The molecule has 2 aliphatic heterocycles. The van der Waals surface area contributed by atoms with E-state index in [2.05, 4.69) is 10.6 Å². The number of para-hydroxylation sites is 1. The summed E-state index contributed by atoms with van der Waals surface area (Å²) in [5.41, 5.74) is 1.66. The van der Waals surface area contributed by atoms with Gasteiger partial charge in [-0.05, 0) is 49.6 Å². The van der Waals surface area contributed by atoms with Gasteiger partial charge in [0.1, 0.15) is 0 Å². The second kappa shape index (κ2) is 10.8. The lowest BCUT2D eigenvalue weighted by Crippen LogP contribution is -2.49. The summed E-state index contributed by atoms with van der Waals surface area (Å²) in [5, 5.41) is 5.01. The second-order valence-electron chi connectivity index (χ2n) is 8.22. The van der Waals surface area contributed by atoms with Crippen LogP contribution in [0.1, 0.15) is 25.3 Å². The first-order valence-corrected chi connectivity index (χ1v) is 12.3. The normalized spacial score (nSPS) is 18.0. The van der Waals surface area contributed by atoms with Crippen LogP contribution in [0.25, 0.3) is 0 Å². The third-order valence-electron chi connectivity index (χ3n) is 6.02. The number of ether oxygens (including phenoxy) is 2. The molecule has 0 bridgehead atoms. The lowest BCUT2D eigenvalue weighted by Gasteiger charge is -2.34. The molecule has 180 valence electrons. The fraction of sp³-hybridized carbons (Fsp3) is 0.400. The van der Waals surface area contributed by atoms with Gasteiger partial charge < -0.3 is 25.0 Å². The quantitative estimate of drug-likeness (QED) is 0.588. The number of carbonyl (C=O) groups is 3. The van der Waals surface area contributed by atoms with Crippen molar-refractivity contribution in [3.8, 4) is 11.5 Å². The first kappa shape index (κ1) is 23.9. The number of likely N-dealkylation sites (tertiary alicyclic amines) is 1. The number of methoxy groups -OCH3 is 1. The van der Waals surface area contributed by atoms with E-state index >= 15 is 0 Å². The molecule has 0 aliphatic carbocycles. The van der Waals surface area contributed by atoms with Crippen LogP contribution in [0.15, 0.2) is 47.4 Å². The molecule has 0 aromatic heterocycles. The van der Waals surface area contributed by atoms with E-state index in [1.165, 1.54) is 11.8 Å². The predicted octanol–water partition coefficient (Wildman–Crippen LogP) is 3.06. The van der Waals surface area contributed by atoms with Crippen molar-refractivity contribution in [3.05, 3.63) is 48.0 Å². The largest absolute Gasteiger partial charge is 0.493 e. The van der Waals surface area contributed by atoms with E-state index < -0.39 is 5.25 Å². The van der Waals surface area contributed by atoms with Gasteiger partial charge in [-0.1, -0.05) is 18.2 Å². The lowest BCUT2D eigenvalue weighted by molar-refractivity contribution is -0.137. The molecule has 2 heterocycles. The van der Waals surface area contributed by atoms with Gasteiger partial charge in [0.2, 0.25) is 17.7 Å². The molecule has 34 heavy (non-hydrogen) atoms. The zero-order valence-corrected chi connectivity index (χ0v) is 20.2. The molecule has 2 aromatic rings. The molecule has 9 heteroatoms. The van der Waals surface area contributed by atoms with Crippen molar-refractivity contribution >= 4 is 35.2 Å². The van der Waals surface area contributed by atoms with Crippen LogP contribution in [0.5, 0.6) is 11.5 Å².